The Bertz CT molecular complexity index is 882. The molecule has 2 aromatic rings. The fourth-order valence-corrected chi connectivity index (χ4v) is 3.15. The van der Waals surface area contributed by atoms with Crippen LogP contribution in [0.3, 0.4) is 0 Å². The Hall–Kier alpha value is -2.60. The van der Waals surface area contributed by atoms with Gasteiger partial charge in [-0.25, -0.2) is 9.78 Å². The summed E-state index contributed by atoms with van der Waals surface area (Å²) in [5.74, 6) is 0.354. The van der Waals surface area contributed by atoms with Crippen molar-refractivity contribution in [1.29, 1.82) is 0 Å². The Morgan fingerprint density at radius 1 is 1.18 bits per heavy atom. The van der Waals surface area contributed by atoms with Crippen molar-refractivity contribution < 1.29 is 9.59 Å². The molecule has 0 bridgehead atoms. The maximum absolute atomic E-state index is 13.1. The number of carbonyl (C=O) groups is 2. The molecule has 0 unspecified atom stereocenters. The fourth-order valence-electron chi connectivity index (χ4n) is 3.02. The van der Waals surface area contributed by atoms with E-state index in [1.165, 1.54) is 0 Å². The normalized spacial score (nSPS) is 14.9. The molecule has 3 rings (SSSR count). The van der Waals surface area contributed by atoms with Gasteiger partial charge in [-0.3, -0.25) is 9.69 Å². The molecule has 0 radical (unpaired) electrons. The molecule has 0 saturated heterocycles. The molecule has 1 aliphatic heterocycles. The van der Waals surface area contributed by atoms with Gasteiger partial charge in [0, 0.05) is 17.0 Å². The van der Waals surface area contributed by atoms with Gasteiger partial charge in [0.25, 0.3) is 0 Å². The zero-order valence-corrected chi connectivity index (χ0v) is 17.3. The van der Waals surface area contributed by atoms with Crippen molar-refractivity contribution in [2.75, 3.05) is 10.2 Å². The minimum absolute atomic E-state index is 0.00983. The molecule has 6 nitrogen and oxygen atoms in total. The number of halogens is 1. The van der Waals surface area contributed by atoms with Gasteiger partial charge in [-0.15, -0.1) is 0 Å². The molecule has 7 heteroatoms. The van der Waals surface area contributed by atoms with E-state index in [0.29, 0.717) is 23.1 Å². The van der Waals surface area contributed by atoms with E-state index in [1.54, 1.807) is 28.0 Å². The molecular formula is C21H25ClN4O2. The van der Waals surface area contributed by atoms with Crippen LogP contribution in [0.1, 0.15) is 39.8 Å². The highest BCUT2D eigenvalue weighted by molar-refractivity contribution is 6.30. The van der Waals surface area contributed by atoms with Crippen molar-refractivity contribution in [2.24, 2.45) is 5.92 Å². The summed E-state index contributed by atoms with van der Waals surface area (Å²) in [5.41, 5.74) is 2.18. The predicted molar refractivity (Wildman–Crippen MR) is 112 cm³/mol. The van der Waals surface area contributed by atoms with Crippen LogP contribution in [-0.4, -0.2) is 27.9 Å². The molecule has 1 aromatic carbocycles. The number of urea groups is 1. The zero-order chi connectivity index (χ0) is 20.4. The van der Waals surface area contributed by atoms with Gasteiger partial charge in [0.15, 0.2) is 0 Å². The summed E-state index contributed by atoms with van der Waals surface area (Å²) in [4.78, 5) is 33.4. The summed E-state index contributed by atoms with van der Waals surface area (Å²) < 4.78 is 0. The smallest absolute Gasteiger partial charge is 0.316 e. The number of fused-ring (bicyclic) bond motifs is 1. The number of nitrogens with one attached hydrogen (secondary N) is 1. The van der Waals surface area contributed by atoms with Crippen LogP contribution in [0.2, 0.25) is 5.02 Å². The zero-order valence-electron chi connectivity index (χ0n) is 16.6. The number of amides is 3. The Kier molecular flexibility index (Phi) is 5.89. The number of benzene rings is 1. The van der Waals surface area contributed by atoms with Crippen LogP contribution in [-0.2, 0) is 11.3 Å². The van der Waals surface area contributed by atoms with Crippen LogP contribution in [0.15, 0.2) is 36.4 Å². The van der Waals surface area contributed by atoms with Crippen LogP contribution in [0.5, 0.6) is 0 Å². The molecular weight excluding hydrogens is 376 g/mol. The second kappa shape index (κ2) is 8.19. The van der Waals surface area contributed by atoms with Gasteiger partial charge in [0.2, 0.25) is 5.91 Å². The topological polar surface area (TPSA) is 65.5 Å². The van der Waals surface area contributed by atoms with Gasteiger partial charge in [0.05, 0.1) is 23.6 Å². The van der Waals surface area contributed by atoms with E-state index in [-0.39, 0.29) is 23.9 Å². The number of aromatic nitrogens is 1. The van der Waals surface area contributed by atoms with Gasteiger partial charge < -0.3 is 10.2 Å². The van der Waals surface area contributed by atoms with Crippen molar-refractivity contribution in [3.63, 3.8) is 0 Å². The van der Waals surface area contributed by atoms with E-state index in [1.807, 2.05) is 45.9 Å². The Morgan fingerprint density at radius 3 is 2.46 bits per heavy atom. The van der Waals surface area contributed by atoms with Crippen LogP contribution in [0.25, 0.3) is 0 Å². The second-order valence-corrected chi connectivity index (χ2v) is 7.71. The molecule has 0 fully saturated rings. The lowest BCUT2D eigenvalue weighted by atomic mass is 10.1. The fraction of sp³-hybridized carbons (Fsp3) is 0.381. The summed E-state index contributed by atoms with van der Waals surface area (Å²) in [6, 6.07) is 10.6. The van der Waals surface area contributed by atoms with Crippen molar-refractivity contribution >= 4 is 40.7 Å². The minimum Gasteiger partial charge on any atom is -0.316 e. The van der Waals surface area contributed by atoms with E-state index < -0.39 is 0 Å². The summed E-state index contributed by atoms with van der Waals surface area (Å²) in [7, 11) is 0. The van der Waals surface area contributed by atoms with Crippen molar-refractivity contribution in [3.05, 3.63) is 47.1 Å². The Labute approximate surface area is 170 Å². The van der Waals surface area contributed by atoms with Crippen LogP contribution >= 0.6 is 11.6 Å². The average molecular weight is 401 g/mol. The Morgan fingerprint density at radius 2 is 1.86 bits per heavy atom. The van der Waals surface area contributed by atoms with Crippen LogP contribution in [0.4, 0.5) is 22.0 Å². The summed E-state index contributed by atoms with van der Waals surface area (Å²) >= 11 is 6.01. The SMILES string of the molecule is CC[C@@H](C)C(=O)Nc1ccc2c(n1)CN(C(C)C)C(=O)N2c1ccc(Cl)cc1. The molecule has 3 amide bonds. The van der Waals surface area contributed by atoms with Gasteiger partial charge in [0.1, 0.15) is 5.82 Å². The Balaban J connectivity index is 2.00. The number of nitrogens with zero attached hydrogens (tertiary/aromatic N) is 3. The lowest BCUT2D eigenvalue weighted by molar-refractivity contribution is -0.119. The molecule has 1 N–H and O–H groups in total. The van der Waals surface area contributed by atoms with Crippen molar-refractivity contribution in [1.82, 2.24) is 9.88 Å². The van der Waals surface area contributed by atoms with Gasteiger partial charge in [-0.1, -0.05) is 25.4 Å². The molecule has 2 heterocycles. The lowest BCUT2D eigenvalue weighted by Crippen LogP contribution is -2.48. The number of anilines is 3. The first-order chi connectivity index (χ1) is 13.3. The van der Waals surface area contributed by atoms with E-state index in [2.05, 4.69) is 10.3 Å². The van der Waals surface area contributed by atoms with Crippen LogP contribution in [0, 0.1) is 5.92 Å². The number of carbonyl (C=O) groups excluding carboxylic acids is 2. The third-order valence-electron chi connectivity index (χ3n) is 4.97. The summed E-state index contributed by atoms with van der Waals surface area (Å²) in [6.45, 7) is 8.19. The minimum atomic E-state index is -0.108. The quantitative estimate of drug-likeness (QED) is 0.749. The predicted octanol–water partition coefficient (Wildman–Crippen LogP) is 5.20. The first-order valence-corrected chi connectivity index (χ1v) is 9.86. The molecule has 1 aromatic heterocycles. The van der Waals surface area contributed by atoms with Crippen molar-refractivity contribution in [3.8, 4) is 0 Å². The molecule has 148 valence electrons. The monoisotopic (exact) mass is 400 g/mol. The maximum Gasteiger partial charge on any atom is 0.329 e. The highest BCUT2D eigenvalue weighted by Crippen LogP contribution is 2.36. The number of pyridine rings is 1. The standard InChI is InChI=1S/C21H25ClN4O2/c1-5-14(4)20(27)24-19-11-10-18-17(23-19)12-25(13(2)3)21(28)26(18)16-8-6-15(22)7-9-16/h6-11,13-14H,5,12H2,1-4H3,(H,23,24,27)/t14-/m1/s1. The van der Waals surface area contributed by atoms with Gasteiger partial charge in [-0.05, 0) is 56.7 Å². The average Bonchev–Trinajstić information content (AvgIpc) is 2.67. The van der Waals surface area contributed by atoms with E-state index in [9.17, 15) is 9.59 Å². The van der Waals surface area contributed by atoms with Gasteiger partial charge >= 0.3 is 6.03 Å². The number of hydrogen-bond acceptors (Lipinski definition) is 3. The number of hydrogen-bond donors (Lipinski definition) is 1. The first kappa shape index (κ1) is 20.1. The third-order valence-corrected chi connectivity index (χ3v) is 5.22. The highest BCUT2D eigenvalue weighted by Gasteiger charge is 2.34. The number of rotatable bonds is 5. The van der Waals surface area contributed by atoms with E-state index in [4.69, 9.17) is 11.6 Å². The van der Waals surface area contributed by atoms with E-state index >= 15 is 0 Å². The van der Waals surface area contributed by atoms with Gasteiger partial charge in [-0.2, -0.15) is 0 Å². The maximum atomic E-state index is 13.1. The van der Waals surface area contributed by atoms with Crippen molar-refractivity contribution in [2.45, 2.75) is 46.7 Å². The first-order valence-electron chi connectivity index (χ1n) is 9.48. The molecule has 1 aliphatic rings. The highest BCUT2D eigenvalue weighted by atomic mass is 35.5. The summed E-state index contributed by atoms with van der Waals surface area (Å²) in [6.07, 6.45) is 0.761. The summed E-state index contributed by atoms with van der Waals surface area (Å²) in [5, 5.41) is 3.48. The lowest BCUT2D eigenvalue weighted by Gasteiger charge is -2.38. The molecule has 1 atom stereocenters. The van der Waals surface area contributed by atoms with Crippen LogP contribution < -0.4 is 10.2 Å². The largest absolute Gasteiger partial charge is 0.329 e. The molecule has 0 saturated carbocycles. The van der Waals surface area contributed by atoms with E-state index in [0.717, 1.165) is 17.8 Å². The molecule has 0 spiro atoms. The second-order valence-electron chi connectivity index (χ2n) is 7.28. The third kappa shape index (κ3) is 3.97. The molecule has 28 heavy (non-hydrogen) atoms. The molecule has 0 aliphatic carbocycles.